The maximum absolute atomic E-state index is 5.74. The van der Waals surface area contributed by atoms with E-state index in [9.17, 15) is 0 Å². The molecule has 1 heterocycles. The molecule has 1 aromatic heterocycles. The normalized spacial score (nSPS) is 11.0. The standard InChI is InChI=1S/C18H20N2OS/c1-3-21-17-9-8-14(13-6-4-5-7-15(13)17)16-12-22-18(20-16)10-11-19-2/h4-9,12,19H,3,10-11H2,1-2H3. The van der Waals surface area contributed by atoms with Crippen LogP contribution < -0.4 is 10.1 Å². The Labute approximate surface area is 135 Å². The summed E-state index contributed by atoms with van der Waals surface area (Å²) < 4.78 is 5.74. The molecular weight excluding hydrogens is 292 g/mol. The largest absolute Gasteiger partial charge is 0.493 e. The van der Waals surface area contributed by atoms with Gasteiger partial charge < -0.3 is 10.1 Å². The van der Waals surface area contributed by atoms with E-state index in [2.05, 4.69) is 35.0 Å². The third-order valence-corrected chi connectivity index (χ3v) is 4.51. The first-order chi connectivity index (χ1) is 10.8. The van der Waals surface area contributed by atoms with Crippen LogP contribution in [0, 0.1) is 0 Å². The number of benzene rings is 2. The molecule has 0 unspecified atom stereocenters. The van der Waals surface area contributed by atoms with Gasteiger partial charge in [-0.15, -0.1) is 11.3 Å². The predicted molar refractivity (Wildman–Crippen MR) is 93.9 cm³/mol. The number of likely N-dealkylation sites (N-methyl/N-ethyl adjacent to an activating group) is 1. The lowest BCUT2D eigenvalue weighted by molar-refractivity contribution is 0.344. The fraction of sp³-hybridized carbons (Fsp3) is 0.278. The molecule has 3 nitrogen and oxygen atoms in total. The van der Waals surface area contributed by atoms with E-state index in [1.54, 1.807) is 11.3 Å². The highest BCUT2D eigenvalue weighted by molar-refractivity contribution is 7.10. The lowest BCUT2D eigenvalue weighted by Gasteiger charge is -2.10. The average molecular weight is 312 g/mol. The molecule has 2 aromatic carbocycles. The Kier molecular flexibility index (Phi) is 4.71. The van der Waals surface area contributed by atoms with Gasteiger partial charge in [0.1, 0.15) is 5.75 Å². The molecule has 0 aliphatic carbocycles. The van der Waals surface area contributed by atoms with Crippen LogP contribution in [0.2, 0.25) is 0 Å². The fourth-order valence-corrected chi connectivity index (χ4v) is 3.36. The van der Waals surface area contributed by atoms with Gasteiger partial charge in [0, 0.05) is 29.3 Å². The van der Waals surface area contributed by atoms with Crippen LogP contribution in [-0.2, 0) is 6.42 Å². The number of hydrogen-bond acceptors (Lipinski definition) is 4. The molecule has 0 bridgehead atoms. The maximum Gasteiger partial charge on any atom is 0.127 e. The Morgan fingerprint density at radius 1 is 1.14 bits per heavy atom. The molecule has 114 valence electrons. The monoisotopic (exact) mass is 312 g/mol. The van der Waals surface area contributed by atoms with E-state index >= 15 is 0 Å². The first-order valence-electron chi connectivity index (χ1n) is 7.57. The van der Waals surface area contributed by atoms with Gasteiger partial charge in [0.25, 0.3) is 0 Å². The highest BCUT2D eigenvalue weighted by Gasteiger charge is 2.11. The highest BCUT2D eigenvalue weighted by atomic mass is 32.1. The molecule has 3 rings (SSSR count). The topological polar surface area (TPSA) is 34.1 Å². The lowest BCUT2D eigenvalue weighted by atomic mass is 10.0. The Hall–Kier alpha value is -1.91. The number of aromatic nitrogens is 1. The minimum Gasteiger partial charge on any atom is -0.493 e. The van der Waals surface area contributed by atoms with Gasteiger partial charge in [-0.1, -0.05) is 24.3 Å². The van der Waals surface area contributed by atoms with Gasteiger partial charge in [0.05, 0.1) is 17.3 Å². The van der Waals surface area contributed by atoms with E-state index in [0.29, 0.717) is 6.61 Å². The van der Waals surface area contributed by atoms with Crippen molar-refractivity contribution in [3.05, 3.63) is 46.8 Å². The van der Waals surface area contributed by atoms with Crippen LogP contribution in [0.15, 0.2) is 41.8 Å². The second-order valence-electron chi connectivity index (χ2n) is 5.07. The van der Waals surface area contributed by atoms with Gasteiger partial charge in [-0.2, -0.15) is 0 Å². The smallest absolute Gasteiger partial charge is 0.127 e. The van der Waals surface area contributed by atoms with Gasteiger partial charge in [-0.05, 0) is 31.5 Å². The molecule has 3 aromatic rings. The number of rotatable bonds is 6. The quantitative estimate of drug-likeness (QED) is 0.743. The van der Waals surface area contributed by atoms with E-state index in [4.69, 9.17) is 9.72 Å². The summed E-state index contributed by atoms with van der Waals surface area (Å²) in [7, 11) is 1.97. The average Bonchev–Trinajstić information content (AvgIpc) is 3.02. The minimum atomic E-state index is 0.675. The van der Waals surface area contributed by atoms with Gasteiger partial charge in [0.15, 0.2) is 0 Å². The van der Waals surface area contributed by atoms with Crippen molar-refractivity contribution in [1.29, 1.82) is 0 Å². The minimum absolute atomic E-state index is 0.675. The zero-order valence-electron chi connectivity index (χ0n) is 12.9. The van der Waals surface area contributed by atoms with Gasteiger partial charge in [-0.25, -0.2) is 4.98 Å². The summed E-state index contributed by atoms with van der Waals surface area (Å²) in [5, 5.41) is 8.82. The van der Waals surface area contributed by atoms with Crippen LogP contribution in [0.25, 0.3) is 22.0 Å². The zero-order valence-corrected chi connectivity index (χ0v) is 13.7. The lowest BCUT2D eigenvalue weighted by Crippen LogP contribution is -2.09. The third-order valence-electron chi connectivity index (χ3n) is 3.60. The molecule has 0 saturated heterocycles. The third kappa shape index (κ3) is 2.98. The van der Waals surface area contributed by atoms with Crippen LogP contribution in [0.3, 0.4) is 0 Å². The molecule has 0 aliphatic heterocycles. The van der Waals surface area contributed by atoms with Crippen LogP contribution >= 0.6 is 11.3 Å². The number of nitrogens with one attached hydrogen (secondary N) is 1. The number of fused-ring (bicyclic) bond motifs is 1. The Morgan fingerprint density at radius 3 is 2.73 bits per heavy atom. The second kappa shape index (κ2) is 6.90. The Balaban J connectivity index is 2.04. The van der Waals surface area contributed by atoms with E-state index in [0.717, 1.165) is 29.8 Å². The van der Waals surface area contributed by atoms with Crippen LogP contribution in [0.5, 0.6) is 5.75 Å². The molecule has 22 heavy (non-hydrogen) atoms. The number of thiazole rings is 1. The molecular formula is C18H20N2OS. The highest BCUT2D eigenvalue weighted by Crippen LogP contribution is 2.34. The second-order valence-corrected chi connectivity index (χ2v) is 6.01. The van der Waals surface area contributed by atoms with Crippen molar-refractivity contribution in [3.8, 4) is 17.0 Å². The van der Waals surface area contributed by atoms with E-state index in [-0.39, 0.29) is 0 Å². The van der Waals surface area contributed by atoms with Crippen molar-refractivity contribution < 1.29 is 4.74 Å². The molecule has 0 amide bonds. The molecule has 0 atom stereocenters. The van der Waals surface area contributed by atoms with E-state index < -0.39 is 0 Å². The van der Waals surface area contributed by atoms with Crippen molar-refractivity contribution >= 4 is 22.1 Å². The summed E-state index contributed by atoms with van der Waals surface area (Å²) in [6.45, 7) is 3.64. The van der Waals surface area contributed by atoms with Gasteiger partial charge in [0.2, 0.25) is 0 Å². The Bertz CT molecular complexity index is 767. The van der Waals surface area contributed by atoms with Crippen molar-refractivity contribution in [3.63, 3.8) is 0 Å². The summed E-state index contributed by atoms with van der Waals surface area (Å²) in [5.74, 6) is 0.937. The SMILES string of the molecule is CCOc1ccc(-c2csc(CCNC)n2)c2ccccc12. The zero-order chi connectivity index (χ0) is 15.4. The van der Waals surface area contributed by atoms with E-state index in [1.165, 1.54) is 16.0 Å². The number of hydrogen-bond donors (Lipinski definition) is 1. The summed E-state index contributed by atoms with van der Waals surface area (Å²) in [6, 6.07) is 12.5. The summed E-state index contributed by atoms with van der Waals surface area (Å²) >= 11 is 1.72. The molecule has 1 N–H and O–H groups in total. The Morgan fingerprint density at radius 2 is 1.95 bits per heavy atom. The van der Waals surface area contributed by atoms with Crippen molar-refractivity contribution in [2.75, 3.05) is 20.2 Å². The molecule has 0 radical (unpaired) electrons. The fourth-order valence-electron chi connectivity index (χ4n) is 2.56. The molecule has 0 spiro atoms. The molecule has 4 heteroatoms. The van der Waals surface area contributed by atoms with Gasteiger partial charge >= 0.3 is 0 Å². The number of ether oxygens (including phenoxy) is 1. The first kappa shape index (κ1) is 15.0. The summed E-state index contributed by atoms with van der Waals surface area (Å²) in [4.78, 5) is 4.78. The summed E-state index contributed by atoms with van der Waals surface area (Å²) in [6.07, 6.45) is 0.968. The predicted octanol–water partition coefficient (Wildman–Crippen LogP) is 4.12. The number of nitrogens with zero attached hydrogens (tertiary/aromatic N) is 1. The first-order valence-corrected chi connectivity index (χ1v) is 8.45. The molecule has 0 fully saturated rings. The van der Waals surface area contributed by atoms with E-state index in [1.807, 2.05) is 26.1 Å². The van der Waals surface area contributed by atoms with Crippen LogP contribution in [0.4, 0.5) is 0 Å². The molecule has 0 aliphatic rings. The molecule has 0 saturated carbocycles. The van der Waals surface area contributed by atoms with Crippen molar-refractivity contribution in [2.45, 2.75) is 13.3 Å². The van der Waals surface area contributed by atoms with Crippen LogP contribution in [0.1, 0.15) is 11.9 Å². The van der Waals surface area contributed by atoms with Crippen molar-refractivity contribution in [2.24, 2.45) is 0 Å². The van der Waals surface area contributed by atoms with Gasteiger partial charge in [-0.3, -0.25) is 0 Å². The summed E-state index contributed by atoms with van der Waals surface area (Å²) in [5.41, 5.74) is 2.22. The van der Waals surface area contributed by atoms with Crippen LogP contribution in [-0.4, -0.2) is 25.2 Å². The van der Waals surface area contributed by atoms with Crippen molar-refractivity contribution in [1.82, 2.24) is 10.3 Å². The maximum atomic E-state index is 5.74.